The number of thiazole rings is 1. The van der Waals surface area contributed by atoms with Crippen molar-refractivity contribution in [2.24, 2.45) is 5.10 Å². The van der Waals surface area contributed by atoms with Crippen molar-refractivity contribution >= 4 is 44.6 Å². The van der Waals surface area contributed by atoms with Crippen LogP contribution in [0.15, 0.2) is 57.4 Å². The predicted octanol–water partition coefficient (Wildman–Crippen LogP) is 4.97. The minimum Gasteiger partial charge on any atom is -0.493 e. The highest BCUT2D eigenvalue weighted by Gasteiger charge is 2.20. The van der Waals surface area contributed by atoms with Gasteiger partial charge in [0.15, 0.2) is 17.6 Å². The third kappa shape index (κ3) is 5.37. The second kappa shape index (κ2) is 10.2. The lowest BCUT2D eigenvalue weighted by Gasteiger charge is -2.17. The number of rotatable bonds is 8. The lowest BCUT2D eigenvalue weighted by molar-refractivity contribution is -0.147. The summed E-state index contributed by atoms with van der Waals surface area (Å²) >= 11 is 4.93. The van der Waals surface area contributed by atoms with Gasteiger partial charge in [0.25, 0.3) is 0 Å². The van der Waals surface area contributed by atoms with Crippen LogP contribution in [0, 0.1) is 0 Å². The average Bonchev–Trinajstić information content (AvgIpc) is 3.24. The van der Waals surface area contributed by atoms with Crippen LogP contribution in [0.5, 0.6) is 11.5 Å². The predicted molar refractivity (Wildman–Crippen MR) is 122 cm³/mol. The summed E-state index contributed by atoms with van der Waals surface area (Å²) in [6.07, 6.45) is 0.870. The van der Waals surface area contributed by atoms with Gasteiger partial charge in [-0.05, 0) is 40.5 Å². The van der Waals surface area contributed by atoms with Crippen LogP contribution < -0.4 is 14.9 Å². The first-order valence-electron chi connectivity index (χ1n) is 8.94. The van der Waals surface area contributed by atoms with Crippen molar-refractivity contribution in [3.05, 3.63) is 57.9 Å². The second-order valence-corrected chi connectivity index (χ2v) is 7.80. The van der Waals surface area contributed by atoms with Gasteiger partial charge in [-0.2, -0.15) is 5.10 Å². The monoisotopic (exact) mass is 489 g/mol. The minimum atomic E-state index is -0.773. The Bertz CT molecular complexity index is 1040. The fourth-order valence-corrected chi connectivity index (χ4v) is 3.77. The molecular formula is C21H20BrN3O4S. The molecule has 0 radical (unpaired) electrons. The summed E-state index contributed by atoms with van der Waals surface area (Å²) in [6, 6.07) is 13.5. The third-order valence-electron chi connectivity index (χ3n) is 4.03. The van der Waals surface area contributed by atoms with E-state index < -0.39 is 12.1 Å². The molecule has 9 heteroatoms. The van der Waals surface area contributed by atoms with Gasteiger partial charge in [0.05, 0.1) is 30.6 Å². The molecule has 0 spiro atoms. The first-order valence-corrected chi connectivity index (χ1v) is 10.6. The van der Waals surface area contributed by atoms with E-state index in [1.54, 1.807) is 19.2 Å². The highest BCUT2D eigenvalue weighted by molar-refractivity contribution is 9.10. The van der Waals surface area contributed by atoms with Crippen LogP contribution in [-0.4, -0.2) is 37.5 Å². The molecule has 0 saturated carbocycles. The summed E-state index contributed by atoms with van der Waals surface area (Å²) in [5.41, 5.74) is 5.65. The van der Waals surface area contributed by atoms with Crippen molar-refractivity contribution in [2.75, 3.05) is 19.6 Å². The quantitative estimate of drug-likeness (QED) is 0.273. The van der Waals surface area contributed by atoms with Gasteiger partial charge in [0, 0.05) is 10.9 Å². The molecule has 2 aromatic carbocycles. The molecule has 1 aromatic heterocycles. The van der Waals surface area contributed by atoms with E-state index in [1.165, 1.54) is 25.6 Å². The Balaban J connectivity index is 1.71. The van der Waals surface area contributed by atoms with E-state index in [-0.39, 0.29) is 0 Å². The van der Waals surface area contributed by atoms with E-state index >= 15 is 0 Å². The number of hydrazone groups is 1. The summed E-state index contributed by atoms with van der Waals surface area (Å²) in [7, 11) is 2.84. The maximum Gasteiger partial charge on any atom is 0.346 e. The molecule has 0 aliphatic rings. The van der Waals surface area contributed by atoms with Crippen LogP contribution >= 0.6 is 27.3 Å². The van der Waals surface area contributed by atoms with Gasteiger partial charge < -0.3 is 14.2 Å². The van der Waals surface area contributed by atoms with E-state index in [2.05, 4.69) is 31.4 Å². The lowest BCUT2D eigenvalue weighted by atomic mass is 10.2. The molecule has 1 unspecified atom stereocenters. The van der Waals surface area contributed by atoms with Crippen molar-refractivity contribution in [2.45, 2.75) is 13.0 Å². The van der Waals surface area contributed by atoms with E-state index in [1.807, 2.05) is 41.8 Å². The topological polar surface area (TPSA) is 82.0 Å². The molecule has 0 aliphatic carbocycles. The molecule has 3 rings (SSSR count). The highest BCUT2D eigenvalue weighted by Crippen LogP contribution is 2.37. The molecule has 1 heterocycles. The van der Waals surface area contributed by atoms with Crippen LogP contribution in [-0.2, 0) is 9.53 Å². The largest absolute Gasteiger partial charge is 0.493 e. The molecule has 0 amide bonds. The molecule has 1 N–H and O–H groups in total. The zero-order valence-corrected chi connectivity index (χ0v) is 19.0. The number of esters is 1. The summed E-state index contributed by atoms with van der Waals surface area (Å²) in [6.45, 7) is 1.61. The Morgan fingerprint density at radius 2 is 2.03 bits per heavy atom. The summed E-state index contributed by atoms with van der Waals surface area (Å²) in [5, 5.41) is 6.91. The van der Waals surface area contributed by atoms with E-state index in [9.17, 15) is 4.79 Å². The van der Waals surface area contributed by atoms with E-state index in [4.69, 9.17) is 14.2 Å². The van der Waals surface area contributed by atoms with E-state index in [0.29, 0.717) is 21.1 Å². The summed E-state index contributed by atoms with van der Waals surface area (Å²) in [4.78, 5) is 16.2. The number of nitrogens with zero attached hydrogens (tertiary/aromatic N) is 2. The summed E-state index contributed by atoms with van der Waals surface area (Å²) < 4.78 is 16.4. The molecule has 0 saturated heterocycles. The van der Waals surface area contributed by atoms with Gasteiger partial charge in [0.2, 0.25) is 5.13 Å². The van der Waals surface area contributed by atoms with Gasteiger partial charge in [-0.3, -0.25) is 5.43 Å². The first kappa shape index (κ1) is 21.8. The second-order valence-electron chi connectivity index (χ2n) is 6.09. The number of hydrogen-bond donors (Lipinski definition) is 1. The molecule has 0 fully saturated rings. The normalized spacial score (nSPS) is 11.9. The molecule has 7 nitrogen and oxygen atoms in total. The molecule has 30 heavy (non-hydrogen) atoms. The third-order valence-corrected chi connectivity index (χ3v) is 5.36. The highest BCUT2D eigenvalue weighted by atomic mass is 79.9. The number of anilines is 1. The number of ether oxygens (including phenoxy) is 3. The van der Waals surface area contributed by atoms with Crippen LogP contribution in [0.1, 0.15) is 12.5 Å². The van der Waals surface area contributed by atoms with E-state index in [0.717, 1.165) is 16.8 Å². The van der Waals surface area contributed by atoms with Crippen LogP contribution in [0.25, 0.3) is 11.3 Å². The van der Waals surface area contributed by atoms with Gasteiger partial charge in [-0.25, -0.2) is 9.78 Å². The molecule has 3 aromatic rings. The fourth-order valence-electron chi connectivity index (χ4n) is 2.55. The van der Waals surface area contributed by atoms with Gasteiger partial charge in [-0.1, -0.05) is 30.3 Å². The molecule has 156 valence electrons. The van der Waals surface area contributed by atoms with Crippen LogP contribution in [0.4, 0.5) is 5.13 Å². The fraction of sp³-hybridized carbons (Fsp3) is 0.190. The van der Waals surface area contributed by atoms with Gasteiger partial charge in [0.1, 0.15) is 0 Å². The van der Waals surface area contributed by atoms with Crippen molar-refractivity contribution < 1.29 is 19.0 Å². The molecule has 0 aliphatic heterocycles. The van der Waals surface area contributed by atoms with Crippen molar-refractivity contribution in [3.63, 3.8) is 0 Å². The number of nitrogens with one attached hydrogen (secondary N) is 1. The van der Waals surface area contributed by atoms with Crippen molar-refractivity contribution in [3.8, 4) is 22.8 Å². The van der Waals surface area contributed by atoms with Crippen molar-refractivity contribution in [1.29, 1.82) is 0 Å². The number of carbonyl (C=O) groups is 1. The Morgan fingerprint density at radius 3 is 2.73 bits per heavy atom. The number of carbonyl (C=O) groups excluding carboxylic acids is 1. The zero-order chi connectivity index (χ0) is 21.5. The average molecular weight is 490 g/mol. The Kier molecular flexibility index (Phi) is 7.42. The standard InChI is InChI=1S/C21H20BrN3O4S/c1-13(20(26)28-3)29-19-16(22)9-14(10-18(19)27-2)11-23-25-21-24-17(12-30-21)15-7-5-4-6-8-15/h4-13H,1-3H3,(H,24,25). The van der Waals surface area contributed by atoms with Gasteiger partial charge >= 0.3 is 5.97 Å². The summed E-state index contributed by atoms with van der Waals surface area (Å²) in [5.74, 6) is 0.396. The molecule has 1 atom stereocenters. The number of methoxy groups -OCH3 is 2. The number of aromatic nitrogens is 1. The maximum absolute atomic E-state index is 11.6. The van der Waals surface area contributed by atoms with Gasteiger partial charge in [-0.15, -0.1) is 11.3 Å². The number of halogens is 1. The smallest absolute Gasteiger partial charge is 0.346 e. The first-order chi connectivity index (χ1) is 14.5. The molecular weight excluding hydrogens is 470 g/mol. The number of benzene rings is 2. The lowest BCUT2D eigenvalue weighted by Crippen LogP contribution is -2.25. The Hall–Kier alpha value is -2.91. The maximum atomic E-state index is 11.6. The Morgan fingerprint density at radius 1 is 1.27 bits per heavy atom. The number of hydrogen-bond acceptors (Lipinski definition) is 8. The minimum absolute atomic E-state index is 0.410. The Labute approximate surface area is 186 Å². The van der Waals surface area contributed by atoms with Crippen molar-refractivity contribution in [1.82, 2.24) is 4.98 Å². The zero-order valence-electron chi connectivity index (χ0n) is 16.6. The van der Waals surface area contributed by atoms with Crippen LogP contribution in [0.3, 0.4) is 0 Å². The van der Waals surface area contributed by atoms with Crippen LogP contribution in [0.2, 0.25) is 0 Å². The molecule has 0 bridgehead atoms. The SMILES string of the molecule is COC(=O)C(C)Oc1c(Br)cc(C=NNc2nc(-c3ccccc3)cs2)cc1OC.